The Morgan fingerprint density at radius 2 is 1.94 bits per heavy atom. The van der Waals surface area contributed by atoms with Gasteiger partial charge in [0.05, 0.1) is 6.04 Å². The monoisotopic (exact) mass is 240 g/mol. The summed E-state index contributed by atoms with van der Waals surface area (Å²) in [5, 5.41) is 12.6. The minimum Gasteiger partial charge on any atom is -0.306 e. The molecule has 0 fully saturated rings. The molecule has 0 atom stereocenters. The van der Waals surface area contributed by atoms with Gasteiger partial charge in [-0.2, -0.15) is 0 Å². The maximum absolute atomic E-state index is 11.5. The average molecular weight is 240 g/mol. The molecular weight excluding hydrogens is 224 g/mol. The normalized spacial score (nSPS) is 10.3. The Kier molecular flexibility index (Phi) is 4.64. The molecule has 16 heavy (non-hydrogen) atoms. The molecule has 0 saturated heterocycles. The van der Waals surface area contributed by atoms with Crippen LogP contribution in [0.2, 0.25) is 0 Å². The quantitative estimate of drug-likeness (QED) is 0.485. The molecule has 88 valence electrons. The number of nitrogens with one attached hydrogen (secondary N) is 1. The molecule has 1 aromatic rings. The summed E-state index contributed by atoms with van der Waals surface area (Å²) < 4.78 is 0. The molecule has 5 heteroatoms. The van der Waals surface area contributed by atoms with Crippen molar-refractivity contribution in [2.24, 2.45) is 0 Å². The highest BCUT2D eigenvalue weighted by Crippen LogP contribution is 2.17. The van der Waals surface area contributed by atoms with E-state index < -0.39 is 6.03 Å². The molecule has 0 bridgehead atoms. The number of rotatable bonds is 3. The first-order chi connectivity index (χ1) is 7.54. The summed E-state index contributed by atoms with van der Waals surface area (Å²) in [4.78, 5) is 12.6. The molecule has 2 amide bonds. The fourth-order valence-corrected chi connectivity index (χ4v) is 1.50. The van der Waals surface area contributed by atoms with Crippen LogP contribution in [0.1, 0.15) is 13.8 Å². The maximum Gasteiger partial charge on any atom is 0.345 e. The van der Waals surface area contributed by atoms with Crippen molar-refractivity contribution in [1.82, 2.24) is 5.06 Å². The molecule has 0 radical (unpaired) electrons. The lowest BCUT2D eigenvalue weighted by Gasteiger charge is -2.19. The number of urea groups is 1. The van der Waals surface area contributed by atoms with Crippen molar-refractivity contribution in [1.29, 1.82) is 0 Å². The van der Waals surface area contributed by atoms with Crippen LogP contribution in [-0.2, 0) is 0 Å². The first kappa shape index (κ1) is 12.9. The number of benzene rings is 1. The first-order valence-corrected chi connectivity index (χ1v) is 6.20. The van der Waals surface area contributed by atoms with Crippen molar-refractivity contribution in [3.8, 4) is 0 Å². The molecule has 2 N–H and O–H groups in total. The minimum atomic E-state index is -0.521. The number of carbonyl (C=O) groups is 1. The van der Waals surface area contributed by atoms with Crippen LogP contribution >= 0.6 is 11.8 Å². The smallest absolute Gasteiger partial charge is 0.306 e. The van der Waals surface area contributed by atoms with Gasteiger partial charge in [-0.25, -0.2) is 9.86 Å². The summed E-state index contributed by atoms with van der Waals surface area (Å²) in [7, 11) is 0. The predicted octanol–water partition coefficient (Wildman–Crippen LogP) is 3.04. The molecule has 0 unspecified atom stereocenters. The van der Waals surface area contributed by atoms with Gasteiger partial charge in [0.25, 0.3) is 0 Å². The zero-order valence-electron chi connectivity index (χ0n) is 9.60. The fraction of sp³-hybridized carbons (Fsp3) is 0.364. The predicted molar refractivity (Wildman–Crippen MR) is 66.0 cm³/mol. The summed E-state index contributed by atoms with van der Waals surface area (Å²) in [6.07, 6.45) is 1.99. The highest BCUT2D eigenvalue weighted by atomic mass is 32.2. The van der Waals surface area contributed by atoms with Crippen molar-refractivity contribution in [3.63, 3.8) is 0 Å². The molecule has 1 aromatic carbocycles. The summed E-state index contributed by atoms with van der Waals surface area (Å²) >= 11 is 1.64. The average Bonchev–Trinajstić information content (AvgIpc) is 2.28. The van der Waals surface area contributed by atoms with Gasteiger partial charge in [-0.15, -0.1) is 11.8 Å². The highest BCUT2D eigenvalue weighted by Gasteiger charge is 2.13. The molecule has 0 aromatic heterocycles. The summed E-state index contributed by atoms with van der Waals surface area (Å²) in [5.74, 6) is 0. The van der Waals surface area contributed by atoms with E-state index in [1.165, 1.54) is 0 Å². The molecule has 0 aliphatic rings. The van der Waals surface area contributed by atoms with Gasteiger partial charge in [-0.1, -0.05) is 0 Å². The number of anilines is 1. The van der Waals surface area contributed by atoms with Gasteiger partial charge in [0.1, 0.15) is 0 Å². The number of hydrogen-bond acceptors (Lipinski definition) is 3. The lowest BCUT2D eigenvalue weighted by atomic mass is 10.3. The molecule has 0 saturated carbocycles. The Morgan fingerprint density at radius 3 is 2.38 bits per heavy atom. The van der Waals surface area contributed by atoms with E-state index in [2.05, 4.69) is 5.32 Å². The van der Waals surface area contributed by atoms with E-state index in [0.29, 0.717) is 10.8 Å². The van der Waals surface area contributed by atoms with Gasteiger partial charge in [0.15, 0.2) is 0 Å². The van der Waals surface area contributed by atoms with Crippen LogP contribution in [0.15, 0.2) is 29.2 Å². The van der Waals surface area contributed by atoms with Gasteiger partial charge >= 0.3 is 6.03 Å². The topological polar surface area (TPSA) is 52.6 Å². The maximum atomic E-state index is 11.5. The number of amides is 2. The first-order valence-electron chi connectivity index (χ1n) is 4.97. The molecular formula is C11H16N2O2S. The molecule has 1 rings (SSSR count). The summed E-state index contributed by atoms with van der Waals surface area (Å²) in [6, 6.07) is 6.67. The number of thioether (sulfide) groups is 1. The van der Waals surface area contributed by atoms with Crippen LogP contribution in [0.5, 0.6) is 0 Å². The van der Waals surface area contributed by atoms with E-state index in [9.17, 15) is 10.0 Å². The lowest BCUT2D eigenvalue weighted by Crippen LogP contribution is -2.37. The van der Waals surface area contributed by atoms with Gasteiger partial charge in [-0.3, -0.25) is 5.21 Å². The second kappa shape index (κ2) is 5.77. The third-order valence-corrected chi connectivity index (χ3v) is 2.78. The second-order valence-electron chi connectivity index (χ2n) is 3.60. The largest absolute Gasteiger partial charge is 0.345 e. The van der Waals surface area contributed by atoms with Crippen molar-refractivity contribution in [2.45, 2.75) is 24.8 Å². The van der Waals surface area contributed by atoms with Gasteiger partial charge in [0.2, 0.25) is 0 Å². The van der Waals surface area contributed by atoms with E-state index >= 15 is 0 Å². The third kappa shape index (κ3) is 3.43. The molecule has 0 aliphatic heterocycles. The molecule has 4 nitrogen and oxygen atoms in total. The molecule has 0 heterocycles. The Labute approximate surface area is 99.6 Å². The molecule has 0 spiro atoms. The zero-order valence-corrected chi connectivity index (χ0v) is 10.4. The van der Waals surface area contributed by atoms with E-state index in [-0.39, 0.29) is 6.04 Å². The third-order valence-electron chi connectivity index (χ3n) is 2.04. The summed E-state index contributed by atoms with van der Waals surface area (Å²) in [6.45, 7) is 3.47. The van der Waals surface area contributed by atoms with Gasteiger partial charge in [0, 0.05) is 10.6 Å². The Morgan fingerprint density at radius 1 is 1.38 bits per heavy atom. The second-order valence-corrected chi connectivity index (χ2v) is 4.48. The SMILES string of the molecule is CSc1ccc(NC(=O)N(O)C(C)C)cc1. The van der Waals surface area contributed by atoms with Crippen molar-refractivity contribution >= 4 is 23.5 Å². The Bertz CT molecular complexity index is 352. The van der Waals surface area contributed by atoms with Crippen LogP contribution in [0.25, 0.3) is 0 Å². The van der Waals surface area contributed by atoms with E-state index in [0.717, 1.165) is 4.90 Å². The van der Waals surface area contributed by atoms with Gasteiger partial charge in [-0.05, 0) is 44.4 Å². The van der Waals surface area contributed by atoms with Crippen molar-refractivity contribution < 1.29 is 10.0 Å². The standard InChI is InChI=1S/C11H16N2O2S/c1-8(2)13(15)11(14)12-9-4-6-10(16-3)7-5-9/h4-8,15H,1-3H3,(H,12,14). The van der Waals surface area contributed by atoms with Crippen LogP contribution in [0.3, 0.4) is 0 Å². The zero-order chi connectivity index (χ0) is 12.1. The fourth-order valence-electron chi connectivity index (χ4n) is 1.09. The Balaban J connectivity index is 2.62. The van der Waals surface area contributed by atoms with Crippen LogP contribution in [0, 0.1) is 0 Å². The number of carbonyl (C=O) groups excluding carboxylic acids is 1. The van der Waals surface area contributed by atoms with E-state index in [1.54, 1.807) is 37.7 Å². The van der Waals surface area contributed by atoms with Gasteiger partial charge < -0.3 is 5.32 Å². The van der Waals surface area contributed by atoms with E-state index in [1.807, 2.05) is 18.4 Å². The highest BCUT2D eigenvalue weighted by molar-refractivity contribution is 7.98. The lowest BCUT2D eigenvalue weighted by molar-refractivity contribution is -0.0622. The number of hydroxylamine groups is 2. The van der Waals surface area contributed by atoms with Crippen LogP contribution < -0.4 is 5.32 Å². The van der Waals surface area contributed by atoms with Crippen LogP contribution in [-0.4, -0.2) is 28.6 Å². The number of hydrogen-bond donors (Lipinski definition) is 2. The minimum absolute atomic E-state index is 0.245. The van der Waals surface area contributed by atoms with Crippen molar-refractivity contribution in [2.75, 3.05) is 11.6 Å². The van der Waals surface area contributed by atoms with Crippen molar-refractivity contribution in [3.05, 3.63) is 24.3 Å². The Hall–Kier alpha value is -1.20. The number of nitrogens with zero attached hydrogens (tertiary/aromatic N) is 1. The van der Waals surface area contributed by atoms with Crippen LogP contribution in [0.4, 0.5) is 10.5 Å². The van der Waals surface area contributed by atoms with E-state index in [4.69, 9.17) is 0 Å². The summed E-state index contributed by atoms with van der Waals surface area (Å²) in [5.41, 5.74) is 0.669. The molecule has 0 aliphatic carbocycles.